The maximum Gasteiger partial charge on any atom is 0.417 e. The van der Waals surface area contributed by atoms with Crippen molar-refractivity contribution < 1.29 is 22.4 Å². The Labute approximate surface area is 255 Å². The summed E-state index contributed by atoms with van der Waals surface area (Å²) in [5.41, 5.74) is -1.49. The van der Waals surface area contributed by atoms with Gasteiger partial charge in [-0.25, -0.2) is 19.2 Å². The van der Waals surface area contributed by atoms with Crippen LogP contribution in [0.25, 0.3) is 11.0 Å². The van der Waals surface area contributed by atoms with Gasteiger partial charge in [-0.1, -0.05) is 0 Å². The van der Waals surface area contributed by atoms with Gasteiger partial charge in [0.25, 0.3) is 5.56 Å². The number of halogens is 4. The van der Waals surface area contributed by atoms with Crippen molar-refractivity contribution in [2.75, 3.05) is 29.5 Å². The number of carbonyl (C=O) groups excluding carboxylic acids is 1. The highest BCUT2D eigenvalue weighted by Crippen LogP contribution is 2.32. The predicted molar refractivity (Wildman–Crippen MR) is 159 cm³/mol. The second-order valence-electron chi connectivity index (χ2n) is 11.9. The van der Waals surface area contributed by atoms with Gasteiger partial charge in [-0.3, -0.25) is 18.7 Å². The summed E-state index contributed by atoms with van der Waals surface area (Å²) in [6, 6.07) is 2.98. The number of nitrogens with zero attached hydrogens (tertiary/aromatic N) is 5. The Morgan fingerprint density at radius 1 is 0.886 bits per heavy atom. The second kappa shape index (κ2) is 12.5. The van der Waals surface area contributed by atoms with Crippen molar-refractivity contribution in [1.82, 2.24) is 24.4 Å². The fourth-order valence-corrected chi connectivity index (χ4v) is 7.79. The molecule has 3 fully saturated rings. The molecule has 5 heterocycles. The Morgan fingerprint density at radius 2 is 1.57 bits per heavy atom. The standard InChI is InChI=1S/C30H34F4N6O3S/c31-20-15-24-26(36-17-20)39(23-9-13-44-14-10-23)29(43)40(28(24)42)22-4-2-21(3-5-22)37-27(41)18-7-11-38(12-8-18)25-6-1-19(16-35-25)30(32,33)34/h1,6,15-18,21-23H,2-5,7-14H2,(H,37,41). The molecule has 0 radical (unpaired) electrons. The van der Waals surface area contributed by atoms with Gasteiger partial charge in [-0.15, -0.1) is 0 Å². The van der Waals surface area contributed by atoms with Crippen LogP contribution in [0, 0.1) is 11.7 Å². The SMILES string of the molecule is O=C(NC1CCC(n2c(=O)c3cc(F)cnc3n(C3CCSCC3)c2=O)CC1)C1CCN(c2ccc(C(F)(F)F)cn2)CC1. The minimum absolute atomic E-state index is 0.0598. The van der Waals surface area contributed by atoms with Gasteiger partial charge >= 0.3 is 11.9 Å². The maximum atomic E-state index is 14.2. The zero-order valence-corrected chi connectivity index (χ0v) is 24.9. The highest BCUT2D eigenvalue weighted by atomic mass is 32.2. The first-order chi connectivity index (χ1) is 21.1. The second-order valence-corrected chi connectivity index (χ2v) is 13.1. The molecular weight excluding hydrogens is 600 g/mol. The smallest absolute Gasteiger partial charge is 0.357 e. The Morgan fingerprint density at radius 3 is 2.20 bits per heavy atom. The Balaban J connectivity index is 1.09. The van der Waals surface area contributed by atoms with Crippen LogP contribution < -0.4 is 21.5 Å². The predicted octanol–water partition coefficient (Wildman–Crippen LogP) is 4.70. The van der Waals surface area contributed by atoms with Crippen LogP contribution in [0.2, 0.25) is 0 Å². The van der Waals surface area contributed by atoms with Crippen LogP contribution in [0.1, 0.15) is 69.0 Å². The molecule has 0 atom stereocenters. The van der Waals surface area contributed by atoms with Crippen molar-refractivity contribution in [2.24, 2.45) is 5.92 Å². The zero-order chi connectivity index (χ0) is 31.0. The summed E-state index contributed by atoms with van der Waals surface area (Å²) in [5.74, 6) is 1.35. The molecule has 3 aromatic rings. The lowest BCUT2D eigenvalue weighted by Gasteiger charge is -2.34. The molecule has 2 saturated heterocycles. The summed E-state index contributed by atoms with van der Waals surface area (Å²) in [5, 5.41) is 3.25. The van der Waals surface area contributed by atoms with Crippen molar-refractivity contribution in [1.29, 1.82) is 0 Å². The number of aromatic nitrogens is 4. The van der Waals surface area contributed by atoms with Crippen molar-refractivity contribution in [3.05, 3.63) is 62.8 Å². The molecule has 6 rings (SSSR count). The Hall–Kier alpha value is -3.42. The number of piperidine rings is 1. The first-order valence-corrected chi connectivity index (χ1v) is 16.2. The van der Waals surface area contributed by atoms with Crippen LogP contribution in [-0.2, 0) is 11.0 Å². The van der Waals surface area contributed by atoms with Gasteiger partial charge in [0.2, 0.25) is 5.91 Å². The first-order valence-electron chi connectivity index (χ1n) is 15.1. The lowest BCUT2D eigenvalue weighted by atomic mass is 9.89. The summed E-state index contributed by atoms with van der Waals surface area (Å²) in [4.78, 5) is 50.4. The number of rotatable bonds is 5. The maximum absolute atomic E-state index is 14.2. The van der Waals surface area contributed by atoms with Gasteiger partial charge in [0.15, 0.2) is 0 Å². The first kappa shape index (κ1) is 30.6. The van der Waals surface area contributed by atoms with E-state index in [4.69, 9.17) is 0 Å². The van der Waals surface area contributed by atoms with E-state index < -0.39 is 28.8 Å². The molecule has 2 aliphatic heterocycles. The van der Waals surface area contributed by atoms with E-state index in [2.05, 4.69) is 15.3 Å². The van der Waals surface area contributed by atoms with Gasteiger partial charge in [-0.05, 0) is 81.1 Å². The third kappa shape index (κ3) is 6.22. The monoisotopic (exact) mass is 634 g/mol. The van der Waals surface area contributed by atoms with Crippen LogP contribution in [0.4, 0.5) is 23.4 Å². The van der Waals surface area contributed by atoms with Crippen molar-refractivity contribution in [2.45, 2.75) is 75.7 Å². The molecule has 14 heteroatoms. The number of amides is 1. The largest absolute Gasteiger partial charge is 0.417 e. The molecule has 9 nitrogen and oxygen atoms in total. The molecule has 1 saturated carbocycles. The number of pyridine rings is 2. The highest BCUT2D eigenvalue weighted by Gasteiger charge is 2.33. The lowest BCUT2D eigenvalue weighted by molar-refractivity contribution is -0.137. The van der Waals surface area contributed by atoms with Crippen LogP contribution in [-0.4, -0.2) is 55.6 Å². The molecule has 0 spiro atoms. The number of fused-ring (bicyclic) bond motifs is 1. The van der Waals surface area contributed by atoms with Crippen molar-refractivity contribution >= 4 is 34.5 Å². The fraction of sp³-hybridized carbons (Fsp3) is 0.567. The minimum Gasteiger partial charge on any atom is -0.357 e. The van der Waals surface area contributed by atoms with E-state index in [1.807, 2.05) is 16.7 Å². The molecule has 0 aromatic carbocycles. The molecule has 3 aromatic heterocycles. The van der Waals surface area contributed by atoms with Crippen LogP contribution >= 0.6 is 11.8 Å². The summed E-state index contributed by atoms with van der Waals surface area (Å²) in [7, 11) is 0. The Kier molecular flexibility index (Phi) is 8.71. The molecular formula is C30H34F4N6O3S. The normalized spacial score (nSPS) is 22.3. The Bertz CT molecular complexity index is 1620. The van der Waals surface area contributed by atoms with Crippen LogP contribution in [0.5, 0.6) is 0 Å². The average Bonchev–Trinajstić information content (AvgIpc) is 3.02. The van der Waals surface area contributed by atoms with E-state index >= 15 is 0 Å². The van der Waals surface area contributed by atoms with E-state index in [-0.39, 0.29) is 41.0 Å². The number of hydrogen-bond donors (Lipinski definition) is 1. The third-order valence-electron chi connectivity index (χ3n) is 9.15. The number of nitrogens with one attached hydrogen (secondary N) is 1. The third-order valence-corrected chi connectivity index (χ3v) is 10.2. The summed E-state index contributed by atoms with van der Waals surface area (Å²) >= 11 is 1.82. The highest BCUT2D eigenvalue weighted by molar-refractivity contribution is 7.99. The zero-order valence-electron chi connectivity index (χ0n) is 24.1. The summed E-state index contributed by atoms with van der Waals surface area (Å²) < 4.78 is 55.6. The molecule has 236 valence electrons. The quantitative estimate of drug-likeness (QED) is 0.407. The van der Waals surface area contributed by atoms with E-state index in [0.29, 0.717) is 57.4 Å². The molecule has 44 heavy (non-hydrogen) atoms. The van der Waals surface area contributed by atoms with Gasteiger partial charge in [0, 0.05) is 43.3 Å². The minimum atomic E-state index is -4.44. The van der Waals surface area contributed by atoms with Crippen molar-refractivity contribution in [3.63, 3.8) is 0 Å². The van der Waals surface area contributed by atoms with Gasteiger partial charge in [0.05, 0.1) is 17.1 Å². The lowest BCUT2D eigenvalue weighted by Crippen LogP contribution is -2.48. The number of carbonyl (C=O) groups is 1. The van der Waals surface area contributed by atoms with Gasteiger partial charge < -0.3 is 10.2 Å². The van der Waals surface area contributed by atoms with E-state index in [0.717, 1.165) is 42.8 Å². The molecule has 1 aliphatic carbocycles. The number of hydrogen-bond acceptors (Lipinski definition) is 7. The number of alkyl halides is 3. The molecule has 0 bridgehead atoms. The van der Waals surface area contributed by atoms with Gasteiger partial charge in [-0.2, -0.15) is 24.9 Å². The fourth-order valence-electron chi connectivity index (χ4n) is 6.71. The molecule has 1 N–H and O–H groups in total. The van der Waals surface area contributed by atoms with E-state index in [1.165, 1.54) is 16.7 Å². The van der Waals surface area contributed by atoms with E-state index in [9.17, 15) is 31.9 Å². The van der Waals surface area contributed by atoms with Crippen molar-refractivity contribution in [3.8, 4) is 0 Å². The van der Waals surface area contributed by atoms with Crippen LogP contribution in [0.15, 0.2) is 40.2 Å². The molecule has 3 aliphatic rings. The topological polar surface area (TPSA) is 102 Å². The summed E-state index contributed by atoms with van der Waals surface area (Å²) in [6.45, 7) is 1.02. The average molecular weight is 635 g/mol. The number of thioether (sulfide) groups is 1. The van der Waals surface area contributed by atoms with E-state index in [1.54, 1.807) is 4.57 Å². The molecule has 0 unspecified atom stereocenters. The van der Waals surface area contributed by atoms with Gasteiger partial charge in [0.1, 0.15) is 17.3 Å². The number of anilines is 1. The summed E-state index contributed by atoms with van der Waals surface area (Å²) in [6.07, 6.45) is 2.32. The van der Waals surface area contributed by atoms with Crippen LogP contribution in [0.3, 0.4) is 0 Å². The molecule has 1 amide bonds.